The Balaban J connectivity index is 1.73. The molecule has 130 valence electrons. The van der Waals surface area contributed by atoms with Crippen molar-refractivity contribution in [2.24, 2.45) is 22.2 Å². The lowest BCUT2D eigenvalue weighted by atomic mass is 9.39. The zero-order chi connectivity index (χ0) is 17.2. The van der Waals surface area contributed by atoms with Crippen LogP contribution in [0.2, 0.25) is 0 Å². The number of rotatable bonds is 0. The van der Waals surface area contributed by atoms with Gasteiger partial charge in [0.05, 0.1) is 11.0 Å². The fraction of sp³-hybridized carbons (Fsp3) is 0.800. The Hall–Kier alpha value is -1.16. The summed E-state index contributed by atoms with van der Waals surface area (Å²) in [6.07, 6.45) is 6.07. The van der Waals surface area contributed by atoms with Gasteiger partial charge in [-0.25, -0.2) is 0 Å². The van der Waals surface area contributed by atoms with Gasteiger partial charge in [-0.3, -0.25) is 9.59 Å². The quantitative estimate of drug-likeness (QED) is 0.548. The van der Waals surface area contributed by atoms with Gasteiger partial charge >= 0.3 is 5.97 Å². The second-order valence-corrected chi connectivity index (χ2v) is 9.57. The normalized spacial score (nSPS) is 58.3. The maximum absolute atomic E-state index is 13.3. The van der Waals surface area contributed by atoms with Crippen molar-refractivity contribution >= 4 is 11.8 Å². The van der Waals surface area contributed by atoms with Gasteiger partial charge < -0.3 is 9.84 Å². The molecule has 1 aliphatic heterocycles. The molecule has 0 radical (unpaired) electrons. The summed E-state index contributed by atoms with van der Waals surface area (Å²) in [7, 11) is 0. The highest BCUT2D eigenvalue weighted by atomic mass is 16.6. The molecule has 24 heavy (non-hydrogen) atoms. The van der Waals surface area contributed by atoms with Crippen molar-refractivity contribution in [3.63, 3.8) is 0 Å². The molecule has 1 unspecified atom stereocenters. The lowest BCUT2D eigenvalue weighted by Gasteiger charge is -2.64. The molecule has 6 atom stereocenters. The van der Waals surface area contributed by atoms with Gasteiger partial charge in [-0.2, -0.15) is 0 Å². The molecule has 1 saturated heterocycles. The highest BCUT2D eigenvalue weighted by Gasteiger charge is 2.81. The topological polar surface area (TPSA) is 63.6 Å². The van der Waals surface area contributed by atoms with Crippen LogP contribution in [0, 0.1) is 22.2 Å². The van der Waals surface area contributed by atoms with Crippen LogP contribution in [0.4, 0.5) is 0 Å². The molecule has 0 amide bonds. The Morgan fingerprint density at radius 1 is 1.12 bits per heavy atom. The first-order valence-corrected chi connectivity index (χ1v) is 9.35. The zero-order valence-electron chi connectivity index (χ0n) is 14.6. The minimum Gasteiger partial charge on any atom is -0.458 e. The summed E-state index contributed by atoms with van der Waals surface area (Å²) in [6.45, 7) is 8.18. The average Bonchev–Trinajstić information content (AvgIpc) is 2.77. The van der Waals surface area contributed by atoms with Gasteiger partial charge in [0, 0.05) is 22.3 Å². The van der Waals surface area contributed by atoms with Crippen LogP contribution in [0.15, 0.2) is 12.2 Å². The van der Waals surface area contributed by atoms with Crippen LogP contribution in [0.25, 0.3) is 0 Å². The number of carbonyl (C=O) groups excluding carboxylic acids is 2. The Bertz CT molecular complexity index is 712. The van der Waals surface area contributed by atoms with Gasteiger partial charge in [-0.1, -0.05) is 13.5 Å². The van der Waals surface area contributed by atoms with E-state index in [4.69, 9.17) is 4.74 Å². The molecular formula is C20H26O4. The number of esters is 1. The molecule has 1 N–H and O–H groups in total. The summed E-state index contributed by atoms with van der Waals surface area (Å²) in [5.74, 6) is 0.177. The molecule has 4 nitrogen and oxygen atoms in total. The van der Waals surface area contributed by atoms with Crippen molar-refractivity contribution in [3.8, 4) is 0 Å². The number of hydrogen-bond acceptors (Lipinski definition) is 4. The molecule has 4 bridgehead atoms. The van der Waals surface area contributed by atoms with Crippen molar-refractivity contribution in [1.82, 2.24) is 0 Å². The van der Waals surface area contributed by atoms with Gasteiger partial charge in [0.15, 0.2) is 5.78 Å². The van der Waals surface area contributed by atoms with Crippen LogP contribution in [-0.4, -0.2) is 28.1 Å². The van der Waals surface area contributed by atoms with Gasteiger partial charge in [0.2, 0.25) is 0 Å². The fourth-order valence-corrected chi connectivity index (χ4v) is 7.61. The van der Waals surface area contributed by atoms with Crippen LogP contribution < -0.4 is 0 Å². The summed E-state index contributed by atoms with van der Waals surface area (Å²) in [4.78, 5) is 26.1. The number of ketones is 1. The van der Waals surface area contributed by atoms with Crippen LogP contribution in [0.5, 0.6) is 0 Å². The maximum atomic E-state index is 13.3. The molecule has 4 saturated carbocycles. The first-order valence-electron chi connectivity index (χ1n) is 9.35. The highest BCUT2D eigenvalue weighted by molar-refractivity contribution is 6.05. The molecule has 1 spiro atoms. The van der Waals surface area contributed by atoms with E-state index < -0.39 is 22.0 Å². The number of carbonyl (C=O) groups is 2. The van der Waals surface area contributed by atoms with E-state index in [-0.39, 0.29) is 23.1 Å². The number of fused-ring (bicyclic) bond motifs is 1. The molecule has 4 aliphatic carbocycles. The van der Waals surface area contributed by atoms with E-state index >= 15 is 0 Å². The van der Waals surface area contributed by atoms with Crippen LogP contribution >= 0.6 is 0 Å². The minimum atomic E-state index is -1.04. The first kappa shape index (κ1) is 15.1. The third kappa shape index (κ3) is 1.20. The molecule has 0 aromatic rings. The number of hydrogen-bond donors (Lipinski definition) is 1. The lowest BCUT2D eigenvalue weighted by Crippen LogP contribution is -2.67. The third-order valence-electron chi connectivity index (χ3n) is 9.07. The monoisotopic (exact) mass is 330 g/mol. The molecule has 5 aliphatic rings. The van der Waals surface area contributed by atoms with Gasteiger partial charge in [-0.15, -0.1) is 0 Å². The Morgan fingerprint density at radius 2 is 1.88 bits per heavy atom. The van der Waals surface area contributed by atoms with E-state index in [1.165, 1.54) is 0 Å². The smallest absolute Gasteiger partial charge is 0.312 e. The maximum Gasteiger partial charge on any atom is 0.312 e. The minimum absolute atomic E-state index is 0.0352. The number of ether oxygens (including phenoxy) is 1. The predicted octanol–water partition coefficient (Wildman–Crippen LogP) is 2.93. The molecule has 4 heteroatoms. The second kappa shape index (κ2) is 3.82. The summed E-state index contributed by atoms with van der Waals surface area (Å²) in [6, 6.07) is 0. The van der Waals surface area contributed by atoms with Crippen molar-refractivity contribution in [2.75, 3.05) is 0 Å². The number of Topliss-reactive ketones (excluding diaryl/α,β-unsaturated/α-hetero) is 1. The second-order valence-electron chi connectivity index (χ2n) is 9.57. The Kier molecular flexibility index (Phi) is 2.41. The van der Waals surface area contributed by atoms with Gasteiger partial charge in [0.1, 0.15) is 5.60 Å². The van der Waals surface area contributed by atoms with E-state index in [1.54, 1.807) is 0 Å². The fourth-order valence-electron chi connectivity index (χ4n) is 7.61. The standard InChI is InChI=1S/C20H26O4/c1-12-14(21)18-8-5-13-16(2)6-4-7-20(13,24-15(16)22)17(18,3)9-10-19(12,23)11-18/h13,23H,1,4-11H2,2-3H3/t13?,16-,17+,18+,19+,20+/m1/s1. The van der Waals surface area contributed by atoms with Crippen molar-refractivity contribution in [2.45, 2.75) is 76.4 Å². The molecule has 0 aromatic carbocycles. The van der Waals surface area contributed by atoms with Crippen molar-refractivity contribution in [1.29, 1.82) is 0 Å². The molecule has 5 rings (SSSR count). The highest BCUT2D eigenvalue weighted by Crippen LogP contribution is 2.77. The van der Waals surface area contributed by atoms with Crippen molar-refractivity contribution in [3.05, 3.63) is 12.2 Å². The van der Waals surface area contributed by atoms with E-state index in [9.17, 15) is 14.7 Å². The van der Waals surface area contributed by atoms with E-state index in [2.05, 4.69) is 20.4 Å². The van der Waals surface area contributed by atoms with Gasteiger partial charge in [0.25, 0.3) is 0 Å². The van der Waals surface area contributed by atoms with E-state index in [0.717, 1.165) is 38.5 Å². The van der Waals surface area contributed by atoms with Crippen molar-refractivity contribution < 1.29 is 19.4 Å². The SMILES string of the molecule is C=C1C(=O)[C@@]23CCC4[C@@]5(C)CCC[C@@]4(OC5=O)[C@@]2(C)CC[C@]1(O)C3. The van der Waals surface area contributed by atoms with Crippen LogP contribution in [0.3, 0.4) is 0 Å². The van der Waals surface area contributed by atoms with Crippen LogP contribution in [-0.2, 0) is 14.3 Å². The summed E-state index contributed by atoms with van der Waals surface area (Å²) in [5.41, 5.74) is -2.56. The third-order valence-corrected chi connectivity index (χ3v) is 9.07. The Labute approximate surface area is 142 Å². The van der Waals surface area contributed by atoms with E-state index in [0.29, 0.717) is 18.4 Å². The predicted molar refractivity (Wildman–Crippen MR) is 87.0 cm³/mol. The zero-order valence-corrected chi connectivity index (χ0v) is 14.6. The molecular weight excluding hydrogens is 304 g/mol. The summed E-state index contributed by atoms with van der Waals surface area (Å²) in [5, 5.41) is 10.9. The van der Waals surface area contributed by atoms with Gasteiger partial charge in [-0.05, 0) is 58.3 Å². The average molecular weight is 330 g/mol. The molecule has 5 fully saturated rings. The first-order chi connectivity index (χ1) is 11.2. The lowest BCUT2D eigenvalue weighted by molar-refractivity contribution is -0.230. The van der Waals surface area contributed by atoms with Crippen LogP contribution in [0.1, 0.15) is 65.2 Å². The largest absolute Gasteiger partial charge is 0.458 e. The number of aliphatic hydroxyl groups is 1. The molecule has 0 aromatic heterocycles. The van der Waals surface area contributed by atoms with E-state index in [1.807, 2.05) is 0 Å². The Morgan fingerprint density at radius 3 is 2.62 bits per heavy atom. The summed E-state index contributed by atoms with van der Waals surface area (Å²) < 4.78 is 6.21. The molecule has 1 heterocycles. The summed E-state index contributed by atoms with van der Waals surface area (Å²) >= 11 is 0.